The number of hydrogen-bond acceptors (Lipinski definition) is 2. The molecule has 2 heteroatoms. The molecule has 1 aromatic carbocycles. The fourth-order valence-corrected chi connectivity index (χ4v) is 4.68. The number of hydrogen-bond donors (Lipinski definition) is 0. The van der Waals surface area contributed by atoms with Crippen LogP contribution in [0, 0.1) is 5.41 Å². The molecule has 0 radical (unpaired) electrons. The van der Waals surface area contributed by atoms with Gasteiger partial charge in [-0.05, 0) is 48.6 Å². The van der Waals surface area contributed by atoms with Gasteiger partial charge in [0.2, 0.25) is 0 Å². The van der Waals surface area contributed by atoms with E-state index in [1.807, 2.05) is 18.4 Å². The van der Waals surface area contributed by atoms with E-state index in [4.69, 9.17) is 8.83 Å². The van der Waals surface area contributed by atoms with Gasteiger partial charge in [0.15, 0.2) is 0 Å². The van der Waals surface area contributed by atoms with Gasteiger partial charge in [0, 0.05) is 12.3 Å². The van der Waals surface area contributed by atoms with Crippen LogP contribution in [0.3, 0.4) is 0 Å². The second-order valence-corrected chi connectivity index (χ2v) is 8.23. The summed E-state index contributed by atoms with van der Waals surface area (Å²) in [7, 11) is 0. The second kappa shape index (κ2) is 6.05. The molecule has 0 aliphatic heterocycles. The predicted octanol–water partition coefficient (Wildman–Crippen LogP) is 6.49. The Morgan fingerprint density at radius 1 is 1.04 bits per heavy atom. The van der Waals surface area contributed by atoms with Gasteiger partial charge in [-0.2, -0.15) is 0 Å². The normalized spacial score (nSPS) is 23.6. The van der Waals surface area contributed by atoms with Crippen molar-refractivity contribution in [3.8, 4) is 0 Å². The Hall–Kier alpha value is -2.48. The summed E-state index contributed by atoms with van der Waals surface area (Å²) in [5, 5.41) is 0. The molecule has 3 aromatic rings. The van der Waals surface area contributed by atoms with Crippen molar-refractivity contribution >= 4 is 0 Å². The molecule has 26 heavy (non-hydrogen) atoms. The lowest BCUT2D eigenvalue weighted by atomic mass is 9.90. The number of furan rings is 2. The molecule has 2 heterocycles. The van der Waals surface area contributed by atoms with Gasteiger partial charge in [-0.1, -0.05) is 55.8 Å². The Morgan fingerprint density at radius 2 is 1.81 bits per heavy atom. The van der Waals surface area contributed by atoms with Gasteiger partial charge in [0.1, 0.15) is 11.5 Å². The molecule has 1 aliphatic rings. The third kappa shape index (κ3) is 2.56. The summed E-state index contributed by atoms with van der Waals surface area (Å²) in [4.78, 5) is 0. The highest BCUT2D eigenvalue weighted by Gasteiger charge is 2.72. The molecule has 4 rings (SSSR count). The predicted molar refractivity (Wildman–Crippen MR) is 104 cm³/mol. The Balaban J connectivity index is 1.68. The van der Waals surface area contributed by atoms with Crippen LogP contribution in [0.25, 0.3) is 0 Å². The van der Waals surface area contributed by atoms with E-state index in [1.54, 1.807) is 6.26 Å². The summed E-state index contributed by atoms with van der Waals surface area (Å²) in [6.07, 6.45) is 6.91. The summed E-state index contributed by atoms with van der Waals surface area (Å²) in [5.41, 5.74) is 3.81. The van der Waals surface area contributed by atoms with Crippen molar-refractivity contribution < 1.29 is 8.83 Å². The number of allylic oxidation sites excluding steroid dienone is 2. The highest BCUT2D eigenvalue weighted by Crippen LogP contribution is 2.75. The van der Waals surface area contributed by atoms with Crippen LogP contribution in [-0.4, -0.2) is 0 Å². The summed E-state index contributed by atoms with van der Waals surface area (Å²) < 4.78 is 11.8. The lowest BCUT2D eigenvalue weighted by Crippen LogP contribution is -2.11. The summed E-state index contributed by atoms with van der Waals surface area (Å²) in [6.45, 7) is 8.96. The first kappa shape index (κ1) is 17.0. The monoisotopic (exact) mass is 346 g/mol. The average molecular weight is 346 g/mol. The van der Waals surface area contributed by atoms with Gasteiger partial charge >= 0.3 is 0 Å². The fourth-order valence-electron chi connectivity index (χ4n) is 4.68. The zero-order valence-electron chi connectivity index (χ0n) is 16.0. The lowest BCUT2D eigenvalue weighted by Gasteiger charge is -2.14. The van der Waals surface area contributed by atoms with E-state index < -0.39 is 0 Å². The van der Waals surface area contributed by atoms with Crippen molar-refractivity contribution in [1.29, 1.82) is 0 Å². The first-order valence-electron chi connectivity index (χ1n) is 9.26. The van der Waals surface area contributed by atoms with E-state index in [2.05, 4.69) is 70.2 Å². The maximum Gasteiger partial charge on any atom is 0.114 e. The lowest BCUT2D eigenvalue weighted by molar-refractivity contribution is 0.436. The first-order chi connectivity index (χ1) is 12.4. The molecule has 1 fully saturated rings. The Bertz CT molecular complexity index is 908. The van der Waals surface area contributed by atoms with E-state index in [0.29, 0.717) is 5.92 Å². The van der Waals surface area contributed by atoms with E-state index in [1.165, 1.54) is 16.7 Å². The molecule has 2 aromatic heterocycles. The summed E-state index contributed by atoms with van der Waals surface area (Å²) in [5.74, 6) is 2.41. The number of rotatable bonds is 5. The topological polar surface area (TPSA) is 26.3 Å². The minimum Gasteiger partial charge on any atom is -0.469 e. The van der Waals surface area contributed by atoms with E-state index in [9.17, 15) is 0 Å². The molecule has 1 saturated carbocycles. The van der Waals surface area contributed by atoms with Crippen LogP contribution < -0.4 is 0 Å². The Kier molecular flexibility index (Phi) is 3.95. The Morgan fingerprint density at radius 3 is 2.46 bits per heavy atom. The van der Waals surface area contributed by atoms with Crippen LogP contribution in [0.1, 0.15) is 56.3 Å². The quantitative estimate of drug-likeness (QED) is 0.493. The highest BCUT2D eigenvalue weighted by molar-refractivity contribution is 5.51. The molecule has 2 atom stereocenters. The van der Waals surface area contributed by atoms with E-state index >= 15 is 0 Å². The van der Waals surface area contributed by atoms with Crippen molar-refractivity contribution in [3.05, 3.63) is 95.4 Å². The third-order valence-corrected chi connectivity index (χ3v) is 5.83. The maximum atomic E-state index is 5.93. The molecular formula is C24H26O2. The highest BCUT2D eigenvalue weighted by atomic mass is 16.3. The van der Waals surface area contributed by atoms with Crippen molar-refractivity contribution in [2.24, 2.45) is 5.41 Å². The van der Waals surface area contributed by atoms with Gasteiger partial charge in [0.05, 0.1) is 17.9 Å². The van der Waals surface area contributed by atoms with Crippen molar-refractivity contribution in [2.75, 3.05) is 0 Å². The third-order valence-electron chi connectivity index (χ3n) is 5.83. The number of benzene rings is 1. The molecule has 0 saturated heterocycles. The van der Waals surface area contributed by atoms with Crippen LogP contribution in [0.15, 0.2) is 81.5 Å². The van der Waals surface area contributed by atoms with Gasteiger partial charge in [0.25, 0.3) is 0 Å². The van der Waals surface area contributed by atoms with Crippen LogP contribution in [0.4, 0.5) is 0 Å². The maximum absolute atomic E-state index is 5.93. The molecule has 0 amide bonds. The average Bonchev–Trinajstić information content (AvgIpc) is 3.10. The first-order valence-corrected chi connectivity index (χ1v) is 9.26. The van der Waals surface area contributed by atoms with Crippen molar-refractivity contribution in [1.82, 2.24) is 0 Å². The minimum absolute atomic E-state index is 0.0794. The fraction of sp³-hybridized carbons (Fsp3) is 0.333. The van der Waals surface area contributed by atoms with Crippen LogP contribution in [-0.2, 0) is 11.8 Å². The molecule has 2 unspecified atom stereocenters. The zero-order valence-corrected chi connectivity index (χ0v) is 16.0. The summed E-state index contributed by atoms with van der Waals surface area (Å²) in [6, 6.07) is 16.8. The summed E-state index contributed by atoms with van der Waals surface area (Å²) >= 11 is 0. The standard InChI is InChI=1S/C24H26O2/c1-17(2)15-24(21-11-8-12-25-21)22(23(24,3)4)19-14-20(26-16-19)13-18-9-6-5-7-10-18/h5-12,14-16,22H,13H2,1-4H3. The van der Waals surface area contributed by atoms with E-state index in [0.717, 1.165) is 17.9 Å². The van der Waals surface area contributed by atoms with Gasteiger partial charge in [-0.25, -0.2) is 0 Å². The minimum atomic E-state index is -0.108. The molecular weight excluding hydrogens is 320 g/mol. The molecule has 0 bridgehead atoms. The van der Waals surface area contributed by atoms with Gasteiger partial charge in [-0.15, -0.1) is 0 Å². The molecule has 0 spiro atoms. The smallest absolute Gasteiger partial charge is 0.114 e. The largest absolute Gasteiger partial charge is 0.469 e. The molecule has 1 aliphatic carbocycles. The molecule has 134 valence electrons. The SMILES string of the molecule is CC(C)=CC1(c2ccco2)C(c2coc(Cc3ccccc3)c2)C1(C)C. The van der Waals surface area contributed by atoms with Crippen molar-refractivity contribution in [2.45, 2.75) is 45.4 Å². The Labute approximate surface area is 155 Å². The molecule has 0 N–H and O–H groups in total. The van der Waals surface area contributed by atoms with Gasteiger partial charge in [-0.3, -0.25) is 0 Å². The zero-order chi connectivity index (χ0) is 18.4. The van der Waals surface area contributed by atoms with Crippen LogP contribution >= 0.6 is 0 Å². The van der Waals surface area contributed by atoms with Gasteiger partial charge < -0.3 is 8.83 Å². The van der Waals surface area contributed by atoms with Crippen molar-refractivity contribution in [3.63, 3.8) is 0 Å². The van der Waals surface area contributed by atoms with Crippen LogP contribution in [0.5, 0.6) is 0 Å². The molecule has 2 nitrogen and oxygen atoms in total. The second-order valence-electron chi connectivity index (χ2n) is 8.23. The van der Waals surface area contributed by atoms with E-state index in [-0.39, 0.29) is 10.8 Å². The van der Waals surface area contributed by atoms with Crippen LogP contribution in [0.2, 0.25) is 0 Å².